The average Bonchev–Trinajstić information content (AvgIpc) is 2.67. The van der Waals surface area contributed by atoms with Crippen LogP contribution >= 0.6 is 0 Å². The number of nitrogens with zero attached hydrogens (tertiary/aromatic N) is 1. The molecule has 2 heteroatoms. The van der Waals surface area contributed by atoms with Crippen LogP contribution in [0.25, 0.3) is 5.57 Å². The van der Waals surface area contributed by atoms with E-state index in [9.17, 15) is 0 Å². The molecule has 0 radical (unpaired) electrons. The summed E-state index contributed by atoms with van der Waals surface area (Å²) in [6.07, 6.45) is 8.79. The SMILES string of the molecule is C=C/C(=C\C=C(/C)C(=C)NCc1ccccc1CC)c1ncccc1C. The Morgan fingerprint density at radius 1 is 1.12 bits per heavy atom. The van der Waals surface area contributed by atoms with Gasteiger partial charge in [-0.2, -0.15) is 0 Å². The molecule has 2 nitrogen and oxygen atoms in total. The number of hydrogen-bond acceptors (Lipinski definition) is 2. The molecule has 0 aliphatic heterocycles. The van der Waals surface area contributed by atoms with E-state index >= 15 is 0 Å². The summed E-state index contributed by atoms with van der Waals surface area (Å²) in [4.78, 5) is 4.46. The van der Waals surface area contributed by atoms with Crippen molar-refractivity contribution in [2.45, 2.75) is 33.7 Å². The van der Waals surface area contributed by atoms with Crippen LogP contribution in [0.3, 0.4) is 0 Å². The van der Waals surface area contributed by atoms with Crippen molar-refractivity contribution in [1.29, 1.82) is 0 Å². The van der Waals surface area contributed by atoms with E-state index in [-0.39, 0.29) is 0 Å². The van der Waals surface area contributed by atoms with Crippen molar-refractivity contribution in [1.82, 2.24) is 10.3 Å². The predicted molar refractivity (Wildman–Crippen MR) is 113 cm³/mol. The predicted octanol–water partition coefficient (Wildman–Crippen LogP) is 5.77. The Balaban J connectivity index is 2.09. The highest BCUT2D eigenvalue weighted by Gasteiger charge is 2.03. The lowest BCUT2D eigenvalue weighted by Crippen LogP contribution is -2.13. The van der Waals surface area contributed by atoms with Gasteiger partial charge in [0.2, 0.25) is 0 Å². The molecule has 2 rings (SSSR count). The van der Waals surface area contributed by atoms with Crippen molar-refractivity contribution in [2.24, 2.45) is 0 Å². The molecule has 0 saturated carbocycles. The third-order valence-corrected chi connectivity index (χ3v) is 4.48. The number of rotatable bonds is 8. The van der Waals surface area contributed by atoms with E-state index < -0.39 is 0 Å². The van der Waals surface area contributed by atoms with E-state index in [1.807, 2.05) is 24.4 Å². The van der Waals surface area contributed by atoms with Crippen molar-refractivity contribution in [3.8, 4) is 0 Å². The van der Waals surface area contributed by atoms with E-state index in [4.69, 9.17) is 0 Å². The minimum Gasteiger partial charge on any atom is -0.381 e. The van der Waals surface area contributed by atoms with Crippen LogP contribution in [0.15, 0.2) is 85.3 Å². The maximum absolute atomic E-state index is 4.46. The minimum absolute atomic E-state index is 0.783. The average molecular weight is 345 g/mol. The highest BCUT2D eigenvalue weighted by molar-refractivity contribution is 5.74. The molecule has 1 aromatic carbocycles. The first-order valence-electron chi connectivity index (χ1n) is 8.99. The van der Waals surface area contributed by atoms with Crippen LogP contribution in [0, 0.1) is 6.92 Å². The van der Waals surface area contributed by atoms with Gasteiger partial charge in [0.25, 0.3) is 0 Å². The molecule has 0 amide bonds. The molecule has 0 bridgehead atoms. The Labute approximate surface area is 157 Å². The maximum atomic E-state index is 4.46. The van der Waals surface area contributed by atoms with E-state index in [1.54, 1.807) is 0 Å². The standard InChI is InChI=1S/C24H28N2/c1-6-21-12-8-9-13-23(21)17-26-20(5)18(3)14-15-22(7-2)24-19(4)11-10-16-25-24/h7-16,26H,2,5-6,17H2,1,3-4H3/b18-14+,22-15+. The lowest BCUT2D eigenvalue weighted by Gasteiger charge is -2.12. The second-order valence-corrected chi connectivity index (χ2v) is 6.30. The number of nitrogens with one attached hydrogen (secondary N) is 1. The van der Waals surface area contributed by atoms with Gasteiger partial charge in [0, 0.05) is 18.4 Å². The van der Waals surface area contributed by atoms with Crippen LogP contribution in [-0.4, -0.2) is 4.98 Å². The van der Waals surface area contributed by atoms with Gasteiger partial charge >= 0.3 is 0 Å². The van der Waals surface area contributed by atoms with E-state index in [0.717, 1.165) is 41.1 Å². The van der Waals surface area contributed by atoms with Crippen LogP contribution in [0.4, 0.5) is 0 Å². The first-order chi connectivity index (χ1) is 12.6. The van der Waals surface area contributed by atoms with Crippen molar-refractivity contribution in [3.05, 3.63) is 108 Å². The largest absolute Gasteiger partial charge is 0.381 e. The van der Waals surface area contributed by atoms with Gasteiger partial charge in [0.15, 0.2) is 0 Å². The van der Waals surface area contributed by atoms with Crippen LogP contribution in [-0.2, 0) is 13.0 Å². The summed E-state index contributed by atoms with van der Waals surface area (Å²) in [5.74, 6) is 0. The van der Waals surface area contributed by atoms with E-state index in [1.165, 1.54) is 11.1 Å². The van der Waals surface area contributed by atoms with Gasteiger partial charge in [-0.25, -0.2) is 0 Å². The summed E-state index contributed by atoms with van der Waals surface area (Å²) < 4.78 is 0. The second-order valence-electron chi connectivity index (χ2n) is 6.30. The first kappa shape index (κ1) is 19.5. The topological polar surface area (TPSA) is 24.9 Å². The molecule has 0 fully saturated rings. The molecule has 1 aromatic heterocycles. The Morgan fingerprint density at radius 3 is 2.50 bits per heavy atom. The molecular formula is C24H28N2. The molecule has 0 aliphatic rings. The van der Waals surface area contributed by atoms with Crippen molar-refractivity contribution >= 4 is 5.57 Å². The van der Waals surface area contributed by atoms with Gasteiger partial charge in [-0.05, 0) is 54.2 Å². The fraction of sp³-hybridized carbons (Fsp3) is 0.208. The number of aromatic nitrogens is 1. The molecule has 0 spiro atoms. The third-order valence-electron chi connectivity index (χ3n) is 4.48. The fourth-order valence-corrected chi connectivity index (χ4v) is 2.76. The van der Waals surface area contributed by atoms with Crippen LogP contribution in [0.5, 0.6) is 0 Å². The van der Waals surface area contributed by atoms with Gasteiger partial charge in [0.1, 0.15) is 0 Å². The van der Waals surface area contributed by atoms with Crippen molar-refractivity contribution in [3.63, 3.8) is 0 Å². The summed E-state index contributed by atoms with van der Waals surface area (Å²) >= 11 is 0. The summed E-state index contributed by atoms with van der Waals surface area (Å²) in [5.41, 5.74) is 7.80. The van der Waals surface area contributed by atoms with Crippen LogP contribution in [0.1, 0.15) is 36.2 Å². The van der Waals surface area contributed by atoms with Crippen molar-refractivity contribution < 1.29 is 0 Å². The lowest BCUT2D eigenvalue weighted by molar-refractivity contribution is 0.811. The van der Waals surface area contributed by atoms with Crippen LogP contribution < -0.4 is 5.32 Å². The van der Waals surface area contributed by atoms with Gasteiger partial charge in [-0.15, -0.1) is 0 Å². The summed E-state index contributed by atoms with van der Waals surface area (Å²) in [5, 5.41) is 3.43. The Kier molecular flexibility index (Phi) is 7.16. The summed E-state index contributed by atoms with van der Waals surface area (Å²) in [6, 6.07) is 12.5. The zero-order valence-electron chi connectivity index (χ0n) is 16.0. The molecule has 0 unspecified atom stereocenters. The van der Waals surface area contributed by atoms with Gasteiger partial charge in [-0.3, -0.25) is 4.98 Å². The minimum atomic E-state index is 0.783. The molecular weight excluding hydrogens is 316 g/mol. The molecule has 0 aliphatic carbocycles. The zero-order valence-corrected chi connectivity index (χ0v) is 16.0. The molecule has 2 aromatic rings. The number of pyridine rings is 1. The van der Waals surface area contributed by atoms with Crippen LogP contribution in [0.2, 0.25) is 0 Å². The smallest absolute Gasteiger partial charge is 0.0730 e. The van der Waals surface area contributed by atoms with E-state index in [0.29, 0.717) is 0 Å². The molecule has 1 N–H and O–H groups in total. The summed E-state index contributed by atoms with van der Waals surface area (Å²) in [7, 11) is 0. The number of benzene rings is 1. The van der Waals surface area contributed by atoms with Crippen molar-refractivity contribution in [2.75, 3.05) is 0 Å². The third kappa shape index (κ3) is 5.06. The molecule has 1 heterocycles. The summed E-state index contributed by atoms with van der Waals surface area (Å²) in [6.45, 7) is 15.2. The zero-order chi connectivity index (χ0) is 18.9. The fourth-order valence-electron chi connectivity index (χ4n) is 2.76. The highest BCUT2D eigenvalue weighted by Crippen LogP contribution is 2.18. The highest BCUT2D eigenvalue weighted by atomic mass is 14.9. The first-order valence-corrected chi connectivity index (χ1v) is 8.99. The number of hydrogen-bond donors (Lipinski definition) is 1. The lowest BCUT2D eigenvalue weighted by atomic mass is 10.0. The quantitative estimate of drug-likeness (QED) is 0.615. The molecule has 26 heavy (non-hydrogen) atoms. The van der Waals surface area contributed by atoms with Gasteiger partial charge in [-0.1, -0.05) is 68.6 Å². The molecule has 0 atom stereocenters. The van der Waals surface area contributed by atoms with E-state index in [2.05, 4.69) is 80.6 Å². The van der Waals surface area contributed by atoms with Gasteiger partial charge < -0.3 is 5.32 Å². The maximum Gasteiger partial charge on any atom is 0.0730 e. The number of allylic oxidation sites excluding steroid dienone is 5. The molecule has 0 saturated heterocycles. The Hall–Kier alpha value is -2.87. The Morgan fingerprint density at radius 2 is 1.85 bits per heavy atom. The van der Waals surface area contributed by atoms with Gasteiger partial charge in [0.05, 0.1) is 5.69 Å². The normalized spacial score (nSPS) is 12.0. The molecule has 134 valence electrons. The second kappa shape index (κ2) is 9.57. The number of aryl methyl sites for hydroxylation is 2. The monoisotopic (exact) mass is 344 g/mol. The Bertz CT molecular complexity index is 841.